The van der Waals surface area contributed by atoms with Crippen LogP contribution < -0.4 is 0 Å². The van der Waals surface area contributed by atoms with Gasteiger partial charge in [-0.2, -0.15) is 0 Å². The van der Waals surface area contributed by atoms with Gasteiger partial charge in [0.1, 0.15) is 0 Å². The zero-order valence-electron chi connectivity index (χ0n) is 19.0. The molecule has 0 radical (unpaired) electrons. The van der Waals surface area contributed by atoms with Crippen molar-refractivity contribution in [1.82, 2.24) is 9.13 Å². The molecule has 0 amide bonds. The number of fused-ring (bicyclic) bond motifs is 2. The Balaban J connectivity index is 1.34. The largest absolute Gasteiger partial charge is 0.344 e. The molecular formula is C31H26N2. The molecule has 0 atom stereocenters. The fourth-order valence-corrected chi connectivity index (χ4v) is 5.05. The molecule has 33 heavy (non-hydrogen) atoms. The van der Waals surface area contributed by atoms with Gasteiger partial charge in [0, 0.05) is 47.3 Å². The summed E-state index contributed by atoms with van der Waals surface area (Å²) in [5.74, 6) is 0. The van der Waals surface area contributed by atoms with Crippen LogP contribution in [-0.4, -0.2) is 9.13 Å². The first-order valence-electron chi connectivity index (χ1n) is 11.4. The number of hydrogen-bond acceptors (Lipinski definition) is 0. The summed E-state index contributed by atoms with van der Waals surface area (Å²) in [5, 5.41) is 2.56. The Morgan fingerprint density at radius 3 is 1.39 bits per heavy atom. The van der Waals surface area contributed by atoms with Crippen molar-refractivity contribution in [1.29, 1.82) is 0 Å². The van der Waals surface area contributed by atoms with Gasteiger partial charge in [-0.25, -0.2) is 0 Å². The van der Waals surface area contributed by atoms with Gasteiger partial charge in [0.05, 0.1) is 0 Å². The van der Waals surface area contributed by atoms with Crippen LogP contribution in [0.4, 0.5) is 0 Å². The number of aryl methyl sites for hydroxylation is 2. The van der Waals surface area contributed by atoms with E-state index >= 15 is 0 Å². The van der Waals surface area contributed by atoms with Crippen molar-refractivity contribution in [2.75, 3.05) is 0 Å². The molecule has 0 aliphatic heterocycles. The highest BCUT2D eigenvalue weighted by Gasteiger charge is 2.10. The Bertz CT molecular complexity index is 1490. The van der Waals surface area contributed by atoms with E-state index in [1.807, 2.05) is 0 Å². The molecule has 4 aromatic carbocycles. The second kappa shape index (κ2) is 7.83. The highest BCUT2D eigenvalue weighted by molar-refractivity contribution is 5.88. The quantitative estimate of drug-likeness (QED) is 0.275. The topological polar surface area (TPSA) is 9.86 Å². The summed E-state index contributed by atoms with van der Waals surface area (Å²) in [6.45, 7) is 0. The Morgan fingerprint density at radius 2 is 0.939 bits per heavy atom. The Labute approximate surface area is 194 Å². The van der Waals surface area contributed by atoms with Crippen molar-refractivity contribution in [3.63, 3.8) is 0 Å². The van der Waals surface area contributed by atoms with Crippen LogP contribution in [0.2, 0.25) is 0 Å². The van der Waals surface area contributed by atoms with E-state index in [-0.39, 0.29) is 0 Å². The summed E-state index contributed by atoms with van der Waals surface area (Å²) in [5.41, 5.74) is 10.2. The van der Waals surface area contributed by atoms with Crippen molar-refractivity contribution in [2.45, 2.75) is 6.42 Å². The molecule has 160 valence electrons. The van der Waals surface area contributed by atoms with Crippen LogP contribution in [0, 0.1) is 0 Å². The number of rotatable bonds is 4. The van der Waals surface area contributed by atoms with E-state index in [1.165, 1.54) is 55.4 Å². The molecule has 0 unspecified atom stereocenters. The zero-order valence-corrected chi connectivity index (χ0v) is 19.0. The Morgan fingerprint density at radius 1 is 0.485 bits per heavy atom. The summed E-state index contributed by atoms with van der Waals surface area (Å²) in [4.78, 5) is 0. The van der Waals surface area contributed by atoms with Crippen molar-refractivity contribution >= 4 is 21.8 Å². The third-order valence-electron chi connectivity index (χ3n) is 6.76. The minimum absolute atomic E-state index is 0.912. The van der Waals surface area contributed by atoms with E-state index in [9.17, 15) is 0 Å². The molecule has 0 N–H and O–H groups in total. The number of benzene rings is 4. The lowest BCUT2D eigenvalue weighted by atomic mass is 9.99. The van der Waals surface area contributed by atoms with Crippen molar-refractivity contribution < 1.29 is 0 Å². The van der Waals surface area contributed by atoms with Crippen molar-refractivity contribution in [3.05, 3.63) is 120 Å². The lowest BCUT2D eigenvalue weighted by molar-refractivity contribution is 0.976. The standard InChI is InChI=1S/C31H26N2/c1-32-28-15-5-3-11-26(28)20-30(32)24-13-7-9-22(18-24)17-23-10-8-14-25(19-23)31-21-27-12-4-6-16-29(27)33(31)2/h3-16,18-21H,17H2,1-2H3. The minimum Gasteiger partial charge on any atom is -0.344 e. The van der Waals surface area contributed by atoms with E-state index in [1.54, 1.807) is 0 Å². The molecule has 0 fully saturated rings. The van der Waals surface area contributed by atoms with E-state index in [0.29, 0.717) is 0 Å². The highest BCUT2D eigenvalue weighted by atomic mass is 14.9. The van der Waals surface area contributed by atoms with E-state index in [0.717, 1.165) is 6.42 Å². The van der Waals surface area contributed by atoms with Crippen molar-refractivity contribution in [3.8, 4) is 22.5 Å². The normalized spacial score (nSPS) is 11.5. The monoisotopic (exact) mass is 426 g/mol. The molecule has 0 aliphatic carbocycles. The maximum absolute atomic E-state index is 2.33. The van der Waals surface area contributed by atoms with Gasteiger partial charge < -0.3 is 9.13 Å². The molecule has 6 rings (SSSR count). The van der Waals surface area contributed by atoms with Crippen LogP contribution in [0.1, 0.15) is 11.1 Å². The van der Waals surface area contributed by atoms with Crippen LogP contribution in [-0.2, 0) is 20.5 Å². The molecule has 2 nitrogen and oxygen atoms in total. The minimum atomic E-state index is 0.912. The Hall–Kier alpha value is -4.04. The van der Waals surface area contributed by atoms with Gasteiger partial charge in [-0.1, -0.05) is 72.8 Å². The number of nitrogens with zero attached hydrogens (tertiary/aromatic N) is 2. The summed E-state index contributed by atoms with van der Waals surface area (Å²) in [7, 11) is 4.30. The van der Waals surface area contributed by atoms with Gasteiger partial charge in [-0.3, -0.25) is 0 Å². The maximum atomic E-state index is 2.33. The molecule has 0 saturated heterocycles. The Kier molecular flexibility index (Phi) is 4.66. The van der Waals surface area contributed by atoms with Crippen LogP contribution in [0.15, 0.2) is 109 Å². The van der Waals surface area contributed by atoms with E-state index < -0.39 is 0 Å². The van der Waals surface area contributed by atoms with Crippen molar-refractivity contribution in [2.24, 2.45) is 14.1 Å². The number of para-hydroxylation sites is 2. The predicted octanol–water partition coefficient (Wildman–Crippen LogP) is 7.59. The van der Waals surface area contributed by atoms with Crippen LogP contribution in [0.25, 0.3) is 44.3 Å². The van der Waals surface area contributed by atoms with Gasteiger partial charge in [0.25, 0.3) is 0 Å². The lowest BCUT2D eigenvalue weighted by Crippen LogP contribution is -1.94. The zero-order chi connectivity index (χ0) is 22.4. The van der Waals surface area contributed by atoms with Gasteiger partial charge in [0.2, 0.25) is 0 Å². The SMILES string of the molecule is Cn1c(-c2cccc(Cc3cccc(-c4cc5ccccc5n4C)c3)c2)cc2ccccc21. The second-order valence-electron chi connectivity index (χ2n) is 8.87. The molecule has 2 heteroatoms. The number of aromatic nitrogens is 2. The first kappa shape index (κ1) is 19.6. The summed E-state index contributed by atoms with van der Waals surface area (Å²) < 4.78 is 4.57. The van der Waals surface area contributed by atoms with E-state index in [4.69, 9.17) is 0 Å². The highest BCUT2D eigenvalue weighted by Crippen LogP contribution is 2.30. The summed E-state index contributed by atoms with van der Waals surface area (Å²) in [6.07, 6.45) is 0.912. The summed E-state index contributed by atoms with van der Waals surface area (Å²) >= 11 is 0. The maximum Gasteiger partial charge on any atom is 0.0488 e. The van der Waals surface area contributed by atoms with E-state index in [2.05, 4.69) is 132 Å². The molecule has 0 bridgehead atoms. The molecule has 0 spiro atoms. The number of hydrogen-bond donors (Lipinski definition) is 0. The first-order chi connectivity index (χ1) is 16.2. The lowest BCUT2D eigenvalue weighted by Gasteiger charge is -2.10. The smallest absolute Gasteiger partial charge is 0.0488 e. The molecule has 0 aliphatic rings. The van der Waals surface area contributed by atoms with Crippen LogP contribution >= 0.6 is 0 Å². The van der Waals surface area contributed by atoms with Gasteiger partial charge >= 0.3 is 0 Å². The van der Waals surface area contributed by atoms with Crippen LogP contribution in [0.5, 0.6) is 0 Å². The third-order valence-corrected chi connectivity index (χ3v) is 6.76. The summed E-state index contributed by atoms with van der Waals surface area (Å²) in [6, 6.07) is 39.6. The molecule has 0 saturated carbocycles. The molecule has 2 aromatic heterocycles. The fourth-order valence-electron chi connectivity index (χ4n) is 5.05. The molecular weight excluding hydrogens is 400 g/mol. The first-order valence-corrected chi connectivity index (χ1v) is 11.4. The van der Waals surface area contributed by atoms with Gasteiger partial charge in [-0.15, -0.1) is 0 Å². The average molecular weight is 427 g/mol. The third kappa shape index (κ3) is 3.44. The average Bonchev–Trinajstić information content (AvgIpc) is 3.37. The van der Waals surface area contributed by atoms with Crippen LogP contribution in [0.3, 0.4) is 0 Å². The molecule has 6 aromatic rings. The van der Waals surface area contributed by atoms with Gasteiger partial charge in [-0.05, 0) is 65.1 Å². The van der Waals surface area contributed by atoms with Gasteiger partial charge in [0.15, 0.2) is 0 Å². The predicted molar refractivity (Wildman–Crippen MR) is 140 cm³/mol. The fraction of sp³-hybridized carbons (Fsp3) is 0.0968. The second-order valence-corrected chi connectivity index (χ2v) is 8.87. The molecule has 2 heterocycles.